The molecule has 25 heavy (non-hydrogen) atoms. The second kappa shape index (κ2) is 9.47. The van der Waals surface area contributed by atoms with Gasteiger partial charge in [-0.3, -0.25) is 9.59 Å². The highest BCUT2D eigenvalue weighted by molar-refractivity contribution is 5.80. The molecule has 0 aromatic heterocycles. The van der Waals surface area contributed by atoms with E-state index in [-0.39, 0.29) is 24.7 Å². The Morgan fingerprint density at radius 3 is 2.32 bits per heavy atom. The average molecular weight is 341 g/mol. The van der Waals surface area contributed by atoms with Crippen LogP contribution in [0.1, 0.15) is 30.5 Å². The summed E-state index contributed by atoms with van der Waals surface area (Å²) in [5.41, 5.74) is 1.75. The Morgan fingerprint density at radius 1 is 1.04 bits per heavy atom. The van der Waals surface area contributed by atoms with Gasteiger partial charge in [-0.15, -0.1) is 0 Å². The zero-order valence-electron chi connectivity index (χ0n) is 14.5. The van der Waals surface area contributed by atoms with Gasteiger partial charge in [0.2, 0.25) is 5.91 Å². The first-order valence-electron chi connectivity index (χ1n) is 8.25. The number of hydrogen-bond acceptors (Lipinski definition) is 4. The van der Waals surface area contributed by atoms with Crippen LogP contribution in [-0.2, 0) is 20.7 Å². The molecule has 2 rings (SSSR count). The third kappa shape index (κ3) is 5.95. The molecule has 0 spiro atoms. The highest BCUT2D eigenvalue weighted by Gasteiger charge is 2.19. The van der Waals surface area contributed by atoms with Crippen LogP contribution in [0.2, 0.25) is 0 Å². The number of benzene rings is 2. The third-order valence-electron chi connectivity index (χ3n) is 3.74. The topological polar surface area (TPSA) is 64.6 Å². The first-order valence-corrected chi connectivity index (χ1v) is 8.25. The van der Waals surface area contributed by atoms with Crippen molar-refractivity contribution in [3.63, 3.8) is 0 Å². The molecule has 0 bridgehead atoms. The van der Waals surface area contributed by atoms with Gasteiger partial charge in [-0.1, -0.05) is 42.5 Å². The number of ether oxygens (including phenoxy) is 2. The van der Waals surface area contributed by atoms with E-state index in [1.165, 1.54) is 0 Å². The molecule has 1 amide bonds. The molecule has 0 saturated carbocycles. The Bertz CT molecular complexity index is 683. The first-order chi connectivity index (χ1) is 12.1. The number of amides is 1. The van der Waals surface area contributed by atoms with Crippen molar-refractivity contribution in [2.75, 3.05) is 13.7 Å². The van der Waals surface area contributed by atoms with Gasteiger partial charge in [0.25, 0.3) is 0 Å². The maximum absolute atomic E-state index is 12.4. The number of carbonyl (C=O) groups is 2. The number of methoxy groups -OCH3 is 1. The van der Waals surface area contributed by atoms with Crippen molar-refractivity contribution in [3.8, 4) is 5.75 Å². The summed E-state index contributed by atoms with van der Waals surface area (Å²) in [6.07, 6.45) is 0.344. The Labute approximate surface area is 148 Å². The molecule has 0 aliphatic rings. The minimum atomic E-state index is -0.443. The molecule has 0 unspecified atom stereocenters. The first kappa shape index (κ1) is 18.5. The van der Waals surface area contributed by atoms with Crippen LogP contribution in [-0.4, -0.2) is 25.6 Å². The maximum atomic E-state index is 12.4. The summed E-state index contributed by atoms with van der Waals surface area (Å²) in [4.78, 5) is 24.3. The standard InChI is InChI=1S/C20H23NO4/c1-3-25-20(23)14-18(16-9-11-17(24-2)12-10-16)21-19(22)13-15-7-5-4-6-8-15/h4-12,18H,3,13-14H2,1-2H3,(H,21,22)/t18-/m1/s1. The lowest BCUT2D eigenvalue weighted by atomic mass is 10.0. The highest BCUT2D eigenvalue weighted by Crippen LogP contribution is 2.21. The van der Waals surface area contributed by atoms with Gasteiger partial charge in [-0.2, -0.15) is 0 Å². The molecule has 2 aromatic rings. The Morgan fingerprint density at radius 2 is 1.72 bits per heavy atom. The lowest BCUT2D eigenvalue weighted by molar-refractivity contribution is -0.143. The largest absolute Gasteiger partial charge is 0.497 e. The predicted molar refractivity (Wildman–Crippen MR) is 95.3 cm³/mol. The summed E-state index contributed by atoms with van der Waals surface area (Å²) in [5.74, 6) is 0.230. The lowest BCUT2D eigenvalue weighted by Crippen LogP contribution is -2.31. The molecule has 5 heteroatoms. The van der Waals surface area contributed by atoms with Crippen molar-refractivity contribution in [2.45, 2.75) is 25.8 Å². The van der Waals surface area contributed by atoms with Gasteiger partial charge < -0.3 is 14.8 Å². The van der Waals surface area contributed by atoms with Gasteiger partial charge in [0, 0.05) is 0 Å². The van der Waals surface area contributed by atoms with Gasteiger partial charge >= 0.3 is 5.97 Å². The van der Waals surface area contributed by atoms with Crippen molar-refractivity contribution in [1.29, 1.82) is 0 Å². The van der Waals surface area contributed by atoms with Crippen molar-refractivity contribution < 1.29 is 19.1 Å². The van der Waals surface area contributed by atoms with Crippen molar-refractivity contribution >= 4 is 11.9 Å². The van der Waals surface area contributed by atoms with E-state index in [4.69, 9.17) is 9.47 Å². The van der Waals surface area contributed by atoms with Crippen molar-refractivity contribution in [1.82, 2.24) is 5.32 Å². The number of carbonyl (C=O) groups excluding carboxylic acids is 2. The van der Waals surface area contributed by atoms with Crippen LogP contribution in [0.25, 0.3) is 0 Å². The summed E-state index contributed by atoms with van der Waals surface area (Å²) < 4.78 is 10.2. The van der Waals surface area contributed by atoms with Crippen LogP contribution in [0, 0.1) is 0 Å². The minimum absolute atomic E-state index is 0.0840. The molecular formula is C20H23NO4. The van der Waals surface area contributed by atoms with Gasteiger partial charge in [-0.25, -0.2) is 0 Å². The highest BCUT2D eigenvalue weighted by atomic mass is 16.5. The summed E-state index contributed by atoms with van der Waals surface area (Å²) in [6.45, 7) is 2.07. The number of esters is 1. The smallest absolute Gasteiger partial charge is 0.308 e. The molecule has 1 atom stereocenters. The van der Waals surface area contributed by atoms with Crippen LogP contribution < -0.4 is 10.1 Å². The van der Waals surface area contributed by atoms with Crippen molar-refractivity contribution in [2.24, 2.45) is 0 Å². The monoisotopic (exact) mass is 341 g/mol. The van der Waals surface area contributed by atoms with Gasteiger partial charge in [-0.05, 0) is 30.2 Å². The van der Waals surface area contributed by atoms with E-state index in [1.54, 1.807) is 26.2 Å². The Kier molecular flexibility index (Phi) is 7.01. The molecule has 132 valence electrons. The van der Waals surface area contributed by atoms with Crippen LogP contribution in [0.15, 0.2) is 54.6 Å². The molecule has 0 aliphatic heterocycles. The van der Waals surface area contributed by atoms with E-state index in [0.29, 0.717) is 12.4 Å². The van der Waals surface area contributed by atoms with E-state index in [2.05, 4.69) is 5.32 Å². The van der Waals surface area contributed by atoms with Gasteiger partial charge in [0.15, 0.2) is 0 Å². The zero-order chi connectivity index (χ0) is 18.1. The molecule has 0 heterocycles. The fraction of sp³-hybridized carbons (Fsp3) is 0.300. The number of hydrogen-bond donors (Lipinski definition) is 1. The summed E-state index contributed by atoms with van der Waals surface area (Å²) in [6, 6.07) is 16.3. The van der Waals surface area contributed by atoms with Crippen LogP contribution in [0.3, 0.4) is 0 Å². The molecule has 0 aliphatic carbocycles. The predicted octanol–water partition coefficient (Wildman–Crippen LogP) is 3.05. The van der Waals surface area contributed by atoms with Gasteiger partial charge in [0.05, 0.1) is 32.6 Å². The fourth-order valence-electron chi connectivity index (χ4n) is 2.50. The lowest BCUT2D eigenvalue weighted by Gasteiger charge is -2.19. The normalized spacial score (nSPS) is 11.4. The second-order valence-corrected chi connectivity index (χ2v) is 5.56. The molecule has 0 fully saturated rings. The summed E-state index contributed by atoms with van der Waals surface area (Å²) in [7, 11) is 1.59. The molecule has 2 aromatic carbocycles. The SMILES string of the molecule is CCOC(=O)C[C@@H](NC(=O)Cc1ccccc1)c1ccc(OC)cc1. The maximum Gasteiger partial charge on any atom is 0.308 e. The third-order valence-corrected chi connectivity index (χ3v) is 3.74. The van der Waals surface area contributed by atoms with E-state index < -0.39 is 6.04 Å². The fourth-order valence-corrected chi connectivity index (χ4v) is 2.50. The van der Waals surface area contributed by atoms with Gasteiger partial charge in [0.1, 0.15) is 5.75 Å². The minimum Gasteiger partial charge on any atom is -0.497 e. The van der Waals surface area contributed by atoms with E-state index in [1.807, 2.05) is 42.5 Å². The van der Waals surface area contributed by atoms with E-state index >= 15 is 0 Å². The second-order valence-electron chi connectivity index (χ2n) is 5.56. The quantitative estimate of drug-likeness (QED) is 0.750. The Balaban J connectivity index is 2.09. The van der Waals surface area contributed by atoms with Crippen LogP contribution in [0.5, 0.6) is 5.75 Å². The zero-order valence-corrected chi connectivity index (χ0v) is 14.5. The molecule has 0 saturated heterocycles. The molecule has 5 nitrogen and oxygen atoms in total. The van der Waals surface area contributed by atoms with Crippen molar-refractivity contribution in [3.05, 3.63) is 65.7 Å². The summed E-state index contributed by atoms with van der Waals surface area (Å²) >= 11 is 0. The Hall–Kier alpha value is -2.82. The average Bonchev–Trinajstić information content (AvgIpc) is 2.62. The molecular weight excluding hydrogens is 318 g/mol. The van der Waals surface area contributed by atoms with Crippen LogP contribution in [0.4, 0.5) is 0 Å². The summed E-state index contributed by atoms with van der Waals surface area (Å²) in [5, 5.41) is 2.93. The molecule has 1 N–H and O–H groups in total. The number of rotatable bonds is 8. The number of nitrogens with one attached hydrogen (secondary N) is 1. The molecule has 0 radical (unpaired) electrons. The van der Waals surface area contributed by atoms with E-state index in [0.717, 1.165) is 11.1 Å². The van der Waals surface area contributed by atoms with E-state index in [9.17, 15) is 9.59 Å². The van der Waals surface area contributed by atoms with Crippen LogP contribution >= 0.6 is 0 Å².